The minimum Gasteiger partial charge on any atom is -0.462 e. The quantitative estimate of drug-likeness (QED) is 0.376. The van der Waals surface area contributed by atoms with Crippen LogP contribution >= 0.6 is 19.5 Å². The van der Waals surface area contributed by atoms with Gasteiger partial charge in [-0.2, -0.15) is 0 Å². The summed E-state index contributed by atoms with van der Waals surface area (Å²) in [5.74, 6) is -0.141. The Morgan fingerprint density at radius 3 is 2.67 bits per heavy atom. The molecule has 10 nitrogen and oxygen atoms in total. The lowest BCUT2D eigenvalue weighted by atomic mass is 10.1. The first-order chi connectivity index (χ1) is 15.6. The Hall–Kier alpha value is -2.33. The first-order valence-corrected chi connectivity index (χ1v) is 13.0. The van der Waals surface area contributed by atoms with Crippen LogP contribution < -0.4 is 20.9 Å². The van der Waals surface area contributed by atoms with E-state index in [1.54, 1.807) is 44.2 Å². The number of ether oxygens (including phenoxy) is 1. The highest BCUT2D eigenvalue weighted by Gasteiger charge is 2.37. The molecule has 12 heteroatoms. The number of carbonyl (C=O) groups excluding carboxylic acids is 1. The molecule has 2 heterocycles. The van der Waals surface area contributed by atoms with Gasteiger partial charge in [0.05, 0.1) is 18.1 Å². The van der Waals surface area contributed by atoms with Gasteiger partial charge in [0.2, 0.25) is 0 Å². The standard InChI is InChI=1S/C21H28N3O7PS/c1-14(2)30-19(26)12-22-32(28,31-16-7-5-4-6-8-16)29-13-17-11-15(3)20(33-17)24-10-9-18(25)23-21(24)27/h4-10,14-15,17,20H,11-13H2,1-3H3,(H,22,28)(H,23,25,27)/t15-,17?,20?,32?/m0/s1. The average Bonchev–Trinajstić information content (AvgIpc) is 3.12. The number of H-pyrrole nitrogens is 1. The van der Waals surface area contributed by atoms with Gasteiger partial charge >= 0.3 is 19.4 Å². The molecule has 180 valence electrons. The van der Waals surface area contributed by atoms with Crippen molar-refractivity contribution in [3.63, 3.8) is 0 Å². The van der Waals surface area contributed by atoms with E-state index in [1.165, 1.54) is 28.6 Å². The number of benzene rings is 1. The topological polar surface area (TPSA) is 129 Å². The number of thioether (sulfide) groups is 1. The number of rotatable bonds is 10. The summed E-state index contributed by atoms with van der Waals surface area (Å²) in [5, 5.41) is 2.29. The largest absolute Gasteiger partial charge is 0.462 e. The van der Waals surface area contributed by atoms with Crippen molar-refractivity contribution in [1.29, 1.82) is 0 Å². The van der Waals surface area contributed by atoms with Crippen LogP contribution in [0, 0.1) is 5.92 Å². The van der Waals surface area contributed by atoms with E-state index in [0.717, 1.165) is 0 Å². The summed E-state index contributed by atoms with van der Waals surface area (Å²) >= 11 is 1.49. The SMILES string of the molecule is CC(C)OC(=O)CNP(=O)(OCC1C[C@H](C)C(n2ccc(=O)[nH]c2=O)S1)Oc1ccccc1. The van der Waals surface area contributed by atoms with E-state index < -0.39 is 25.0 Å². The number of aromatic nitrogens is 2. The number of aromatic amines is 1. The molecule has 1 aromatic heterocycles. The molecular formula is C21H28N3O7PS. The van der Waals surface area contributed by atoms with E-state index in [0.29, 0.717) is 12.2 Å². The van der Waals surface area contributed by atoms with Crippen LogP contribution in [0.1, 0.15) is 32.6 Å². The zero-order valence-electron chi connectivity index (χ0n) is 18.6. The van der Waals surface area contributed by atoms with E-state index in [9.17, 15) is 18.9 Å². The molecule has 4 atom stereocenters. The van der Waals surface area contributed by atoms with Gasteiger partial charge in [0, 0.05) is 17.5 Å². The van der Waals surface area contributed by atoms with Crippen LogP contribution in [-0.2, 0) is 18.6 Å². The molecule has 0 aliphatic carbocycles. The van der Waals surface area contributed by atoms with Crippen molar-refractivity contribution >= 4 is 25.5 Å². The van der Waals surface area contributed by atoms with Crippen molar-refractivity contribution in [1.82, 2.24) is 14.6 Å². The van der Waals surface area contributed by atoms with Crippen molar-refractivity contribution in [3.05, 3.63) is 63.4 Å². The van der Waals surface area contributed by atoms with Crippen LogP contribution in [0.5, 0.6) is 5.75 Å². The van der Waals surface area contributed by atoms with Gasteiger partial charge < -0.3 is 9.26 Å². The van der Waals surface area contributed by atoms with Gasteiger partial charge in [0.15, 0.2) is 0 Å². The maximum atomic E-state index is 13.4. The van der Waals surface area contributed by atoms with Crippen LogP contribution in [0.4, 0.5) is 0 Å². The molecule has 2 aromatic rings. The molecule has 1 saturated heterocycles. The molecule has 33 heavy (non-hydrogen) atoms. The third-order valence-electron chi connectivity index (χ3n) is 4.76. The second-order valence-corrected chi connectivity index (χ2v) is 11.1. The second kappa shape index (κ2) is 11.2. The van der Waals surface area contributed by atoms with Gasteiger partial charge in [0.1, 0.15) is 12.3 Å². The van der Waals surface area contributed by atoms with E-state index >= 15 is 0 Å². The third kappa shape index (κ3) is 7.33. The molecule has 3 unspecified atom stereocenters. The first-order valence-electron chi connectivity index (χ1n) is 10.6. The first kappa shape index (κ1) is 25.3. The third-order valence-corrected chi connectivity index (χ3v) is 7.93. The van der Waals surface area contributed by atoms with E-state index in [2.05, 4.69) is 10.1 Å². The fourth-order valence-electron chi connectivity index (χ4n) is 3.36. The molecule has 1 aromatic carbocycles. The molecule has 1 aliphatic rings. The van der Waals surface area contributed by atoms with Gasteiger partial charge in [0.25, 0.3) is 5.56 Å². The van der Waals surface area contributed by atoms with Gasteiger partial charge in [-0.3, -0.25) is 23.7 Å². The van der Waals surface area contributed by atoms with E-state index in [4.69, 9.17) is 13.8 Å². The lowest BCUT2D eigenvalue weighted by molar-refractivity contribution is -0.145. The highest BCUT2D eigenvalue weighted by Crippen LogP contribution is 2.49. The van der Waals surface area contributed by atoms with Crippen LogP contribution in [0.25, 0.3) is 0 Å². The second-order valence-electron chi connectivity index (χ2n) is 7.95. The number of nitrogens with zero attached hydrogens (tertiary/aromatic N) is 1. The minimum atomic E-state index is -3.90. The molecule has 0 spiro atoms. The number of carbonyl (C=O) groups is 1. The van der Waals surface area contributed by atoms with Gasteiger partial charge in [-0.25, -0.2) is 14.4 Å². The smallest absolute Gasteiger partial charge is 0.459 e. The lowest BCUT2D eigenvalue weighted by Gasteiger charge is -2.21. The average molecular weight is 498 g/mol. The number of nitrogens with one attached hydrogen (secondary N) is 2. The Morgan fingerprint density at radius 1 is 1.27 bits per heavy atom. The van der Waals surface area contributed by atoms with Crippen molar-refractivity contribution in [2.24, 2.45) is 5.92 Å². The van der Waals surface area contributed by atoms with Crippen molar-refractivity contribution in [3.8, 4) is 5.75 Å². The number of hydrogen-bond donors (Lipinski definition) is 2. The minimum absolute atomic E-state index is 0.0694. The summed E-state index contributed by atoms with van der Waals surface area (Å²) in [5.41, 5.74) is -0.926. The summed E-state index contributed by atoms with van der Waals surface area (Å²) in [6.07, 6.45) is 1.87. The van der Waals surface area contributed by atoms with Gasteiger partial charge in [-0.15, -0.1) is 11.8 Å². The van der Waals surface area contributed by atoms with Crippen molar-refractivity contribution in [2.75, 3.05) is 13.2 Å². The molecule has 2 N–H and O–H groups in total. The fourth-order valence-corrected chi connectivity index (χ4v) is 6.40. The highest BCUT2D eigenvalue weighted by atomic mass is 32.2. The Morgan fingerprint density at radius 2 is 2.00 bits per heavy atom. The number of esters is 1. The lowest BCUT2D eigenvalue weighted by Crippen LogP contribution is -2.31. The maximum absolute atomic E-state index is 13.4. The zero-order chi connectivity index (χ0) is 24.0. The molecule has 0 amide bonds. The molecule has 1 fully saturated rings. The highest BCUT2D eigenvalue weighted by molar-refractivity contribution is 8.00. The Bertz CT molecular complexity index is 1100. The number of para-hydroxylation sites is 1. The predicted molar refractivity (Wildman–Crippen MR) is 125 cm³/mol. The van der Waals surface area contributed by atoms with Crippen molar-refractivity contribution in [2.45, 2.75) is 43.9 Å². The number of hydrogen-bond acceptors (Lipinski definition) is 8. The molecule has 0 radical (unpaired) electrons. The summed E-state index contributed by atoms with van der Waals surface area (Å²) in [6.45, 7) is 5.16. The fraction of sp³-hybridized carbons (Fsp3) is 0.476. The van der Waals surface area contributed by atoms with Crippen molar-refractivity contribution < 1.29 is 23.1 Å². The van der Waals surface area contributed by atoms with E-state index in [1.807, 2.05) is 6.92 Å². The normalized spacial score (nSPS) is 22.1. The van der Waals surface area contributed by atoms with Crippen LogP contribution in [0.3, 0.4) is 0 Å². The van der Waals surface area contributed by atoms with Gasteiger partial charge in [-0.05, 0) is 38.3 Å². The zero-order valence-corrected chi connectivity index (χ0v) is 20.3. The van der Waals surface area contributed by atoms with Crippen LogP contribution in [0.15, 0.2) is 52.2 Å². The Labute approximate surface area is 195 Å². The summed E-state index contributed by atoms with van der Waals surface area (Å²) in [4.78, 5) is 37.7. The van der Waals surface area contributed by atoms with Crippen LogP contribution in [-0.4, -0.2) is 40.0 Å². The Balaban J connectivity index is 1.66. The van der Waals surface area contributed by atoms with E-state index in [-0.39, 0.29) is 35.8 Å². The molecular weight excluding hydrogens is 469 g/mol. The molecule has 0 bridgehead atoms. The molecule has 1 aliphatic heterocycles. The summed E-state index contributed by atoms with van der Waals surface area (Å²) < 4.78 is 31.2. The van der Waals surface area contributed by atoms with Gasteiger partial charge in [-0.1, -0.05) is 25.1 Å². The summed E-state index contributed by atoms with van der Waals surface area (Å²) in [6, 6.07) is 9.83. The Kier molecular flexibility index (Phi) is 8.58. The van der Waals surface area contributed by atoms with Crippen LogP contribution in [0.2, 0.25) is 0 Å². The molecule has 0 saturated carbocycles. The molecule has 3 rings (SSSR count). The predicted octanol–water partition coefficient (Wildman–Crippen LogP) is 2.92. The summed E-state index contributed by atoms with van der Waals surface area (Å²) in [7, 11) is -3.90. The monoisotopic (exact) mass is 497 g/mol. The maximum Gasteiger partial charge on any atom is 0.459 e.